The zero-order chi connectivity index (χ0) is 17.1. The number of dihydropyridines is 1. The van der Waals surface area contributed by atoms with Gasteiger partial charge in [0.15, 0.2) is 0 Å². The largest absolute Gasteiger partial charge is 0.466 e. The smallest absolute Gasteiger partial charge is 0.336 e. The second-order valence-corrected chi connectivity index (χ2v) is 5.82. The molecule has 0 spiro atoms. The SMILES string of the molecule is COC(=O)C1=C(C)NC(C)=C(C(=O)OC)C1c1cccc(Br)n1. The fourth-order valence-corrected chi connectivity index (χ4v) is 2.99. The summed E-state index contributed by atoms with van der Waals surface area (Å²) in [5.41, 5.74) is 2.47. The van der Waals surface area contributed by atoms with Gasteiger partial charge in [-0.05, 0) is 41.9 Å². The highest BCUT2D eigenvalue weighted by Gasteiger charge is 2.38. The molecule has 0 amide bonds. The second kappa shape index (κ2) is 6.95. The van der Waals surface area contributed by atoms with Crippen LogP contribution in [0.25, 0.3) is 0 Å². The molecule has 122 valence electrons. The second-order valence-electron chi connectivity index (χ2n) is 5.00. The highest BCUT2D eigenvalue weighted by atomic mass is 79.9. The molecule has 0 saturated heterocycles. The van der Waals surface area contributed by atoms with Crippen LogP contribution in [0.1, 0.15) is 25.5 Å². The van der Waals surface area contributed by atoms with Crippen molar-refractivity contribution in [3.05, 3.63) is 51.0 Å². The minimum Gasteiger partial charge on any atom is -0.466 e. The molecule has 0 saturated carbocycles. The lowest BCUT2D eigenvalue weighted by molar-refractivity contribution is -0.137. The van der Waals surface area contributed by atoms with Crippen molar-refractivity contribution >= 4 is 27.9 Å². The van der Waals surface area contributed by atoms with E-state index in [1.165, 1.54) is 14.2 Å². The highest BCUT2D eigenvalue weighted by Crippen LogP contribution is 2.38. The number of methoxy groups -OCH3 is 2. The molecule has 0 atom stereocenters. The van der Waals surface area contributed by atoms with E-state index in [2.05, 4.69) is 26.2 Å². The predicted molar refractivity (Wildman–Crippen MR) is 87.2 cm³/mol. The van der Waals surface area contributed by atoms with Crippen LogP contribution in [0.5, 0.6) is 0 Å². The normalized spacial score (nSPS) is 15.3. The first-order valence-electron chi connectivity index (χ1n) is 6.88. The number of nitrogens with one attached hydrogen (secondary N) is 1. The van der Waals surface area contributed by atoms with Gasteiger partial charge in [0.05, 0.1) is 37.0 Å². The molecule has 1 N–H and O–H groups in total. The van der Waals surface area contributed by atoms with Crippen LogP contribution in [0.4, 0.5) is 0 Å². The number of ether oxygens (including phenoxy) is 2. The molecule has 7 heteroatoms. The van der Waals surface area contributed by atoms with Crippen LogP contribution in [-0.4, -0.2) is 31.1 Å². The fourth-order valence-electron chi connectivity index (χ4n) is 2.64. The number of hydrogen-bond donors (Lipinski definition) is 1. The third-order valence-corrected chi connectivity index (χ3v) is 4.05. The molecule has 1 aromatic heterocycles. The van der Waals surface area contributed by atoms with Crippen LogP contribution in [0.3, 0.4) is 0 Å². The molecule has 23 heavy (non-hydrogen) atoms. The lowest BCUT2D eigenvalue weighted by Gasteiger charge is -2.29. The van der Waals surface area contributed by atoms with Gasteiger partial charge in [-0.3, -0.25) is 0 Å². The number of aromatic nitrogens is 1. The van der Waals surface area contributed by atoms with Gasteiger partial charge < -0.3 is 14.8 Å². The van der Waals surface area contributed by atoms with Gasteiger partial charge in [-0.1, -0.05) is 6.07 Å². The Bertz CT molecular complexity index is 687. The van der Waals surface area contributed by atoms with Gasteiger partial charge in [-0.15, -0.1) is 0 Å². The van der Waals surface area contributed by atoms with E-state index in [0.717, 1.165) is 0 Å². The number of carbonyl (C=O) groups is 2. The highest BCUT2D eigenvalue weighted by molar-refractivity contribution is 9.10. The van der Waals surface area contributed by atoms with Crippen LogP contribution in [0, 0.1) is 0 Å². The van der Waals surface area contributed by atoms with E-state index in [4.69, 9.17) is 9.47 Å². The molecule has 0 fully saturated rings. The summed E-state index contributed by atoms with van der Waals surface area (Å²) in [6.45, 7) is 3.52. The zero-order valence-electron chi connectivity index (χ0n) is 13.3. The third kappa shape index (κ3) is 3.29. The maximum Gasteiger partial charge on any atom is 0.336 e. The molecule has 1 aliphatic heterocycles. The van der Waals surface area contributed by atoms with E-state index in [0.29, 0.717) is 32.8 Å². The molecular formula is C16H17BrN2O4. The number of pyridine rings is 1. The maximum absolute atomic E-state index is 12.3. The van der Waals surface area contributed by atoms with Crippen LogP contribution < -0.4 is 5.32 Å². The molecule has 0 bridgehead atoms. The number of rotatable bonds is 3. The van der Waals surface area contributed by atoms with Gasteiger partial charge in [-0.25, -0.2) is 14.6 Å². The Labute approximate surface area is 142 Å². The fraction of sp³-hybridized carbons (Fsp3) is 0.312. The third-order valence-electron chi connectivity index (χ3n) is 3.60. The van der Waals surface area contributed by atoms with Crippen LogP contribution in [0.2, 0.25) is 0 Å². The van der Waals surface area contributed by atoms with Crippen molar-refractivity contribution < 1.29 is 19.1 Å². The maximum atomic E-state index is 12.3. The Morgan fingerprint density at radius 1 is 1.09 bits per heavy atom. The first-order valence-corrected chi connectivity index (χ1v) is 7.67. The first-order chi connectivity index (χ1) is 10.9. The number of halogens is 1. The van der Waals surface area contributed by atoms with E-state index in [1.807, 2.05) is 0 Å². The van der Waals surface area contributed by atoms with Crippen molar-refractivity contribution in [2.24, 2.45) is 0 Å². The molecular weight excluding hydrogens is 364 g/mol. The molecule has 1 aliphatic rings. The molecule has 1 aromatic rings. The van der Waals surface area contributed by atoms with E-state index < -0.39 is 17.9 Å². The average molecular weight is 381 g/mol. The van der Waals surface area contributed by atoms with Crippen LogP contribution in [-0.2, 0) is 19.1 Å². The summed E-state index contributed by atoms with van der Waals surface area (Å²) in [4.78, 5) is 29.0. The summed E-state index contributed by atoms with van der Waals surface area (Å²) >= 11 is 3.32. The number of hydrogen-bond acceptors (Lipinski definition) is 6. The predicted octanol–water partition coefficient (Wildman–Crippen LogP) is 2.42. The Hall–Kier alpha value is -2.15. The van der Waals surface area contributed by atoms with Crippen LogP contribution >= 0.6 is 15.9 Å². The molecule has 0 aromatic carbocycles. The average Bonchev–Trinajstić information content (AvgIpc) is 2.52. The molecule has 0 unspecified atom stereocenters. The Balaban J connectivity index is 2.69. The van der Waals surface area contributed by atoms with Crippen molar-refractivity contribution in [1.82, 2.24) is 10.3 Å². The summed E-state index contributed by atoms with van der Waals surface area (Å²) in [6.07, 6.45) is 0. The summed E-state index contributed by atoms with van der Waals surface area (Å²) in [5, 5.41) is 3.04. The molecule has 0 radical (unpaired) electrons. The number of esters is 2. The van der Waals surface area contributed by atoms with Crippen molar-refractivity contribution in [1.29, 1.82) is 0 Å². The monoisotopic (exact) mass is 380 g/mol. The van der Waals surface area contributed by atoms with E-state index in [9.17, 15) is 9.59 Å². The molecule has 0 aliphatic carbocycles. The molecule has 6 nitrogen and oxygen atoms in total. The van der Waals surface area contributed by atoms with E-state index in [1.54, 1.807) is 32.0 Å². The van der Waals surface area contributed by atoms with Gasteiger partial charge in [0, 0.05) is 11.4 Å². The zero-order valence-corrected chi connectivity index (χ0v) is 14.9. The number of nitrogens with zero attached hydrogens (tertiary/aromatic N) is 1. The Morgan fingerprint density at radius 2 is 1.61 bits per heavy atom. The van der Waals surface area contributed by atoms with Gasteiger partial charge in [-0.2, -0.15) is 0 Å². The first kappa shape index (κ1) is 17.2. The van der Waals surface area contributed by atoms with Gasteiger partial charge in [0.25, 0.3) is 0 Å². The summed E-state index contributed by atoms with van der Waals surface area (Å²) in [5.74, 6) is -1.69. The minimum atomic E-state index is -0.659. The van der Waals surface area contributed by atoms with Crippen molar-refractivity contribution in [2.75, 3.05) is 14.2 Å². The Kier molecular flexibility index (Phi) is 5.20. The summed E-state index contributed by atoms with van der Waals surface area (Å²) in [6, 6.07) is 5.32. The molecule has 2 heterocycles. The van der Waals surface area contributed by atoms with Gasteiger partial charge in [0.1, 0.15) is 4.60 Å². The summed E-state index contributed by atoms with van der Waals surface area (Å²) in [7, 11) is 2.61. The minimum absolute atomic E-state index is 0.337. The number of carbonyl (C=O) groups excluding carboxylic acids is 2. The van der Waals surface area contributed by atoms with Crippen molar-refractivity contribution in [3.63, 3.8) is 0 Å². The Morgan fingerprint density at radius 3 is 2.04 bits per heavy atom. The topological polar surface area (TPSA) is 77.5 Å². The standard InChI is InChI=1S/C16H17BrN2O4/c1-8-12(15(20)22-3)14(10-6-5-7-11(17)19-10)13(9(2)18-8)16(21)23-4/h5-7,14,18H,1-4H3. The van der Waals surface area contributed by atoms with Crippen LogP contribution in [0.15, 0.2) is 45.3 Å². The van der Waals surface area contributed by atoms with Crippen molar-refractivity contribution in [2.45, 2.75) is 19.8 Å². The van der Waals surface area contributed by atoms with Crippen molar-refractivity contribution in [3.8, 4) is 0 Å². The van der Waals surface area contributed by atoms with Gasteiger partial charge >= 0.3 is 11.9 Å². The molecule has 2 rings (SSSR count). The van der Waals surface area contributed by atoms with Gasteiger partial charge in [0.2, 0.25) is 0 Å². The lowest BCUT2D eigenvalue weighted by Crippen LogP contribution is -2.32. The number of allylic oxidation sites excluding steroid dienone is 2. The van der Waals surface area contributed by atoms with E-state index in [-0.39, 0.29) is 0 Å². The van der Waals surface area contributed by atoms with E-state index >= 15 is 0 Å². The summed E-state index contributed by atoms with van der Waals surface area (Å²) < 4.78 is 10.4. The quantitative estimate of drug-likeness (QED) is 0.640. The lowest BCUT2D eigenvalue weighted by atomic mass is 9.83.